The molecule has 1 N–H and O–H groups in total. The quantitative estimate of drug-likeness (QED) is 0.366. The van der Waals surface area contributed by atoms with E-state index in [9.17, 15) is 14.4 Å². The summed E-state index contributed by atoms with van der Waals surface area (Å²) in [4.78, 5) is 38.8. The smallest absolute Gasteiger partial charge is 0.330 e. The summed E-state index contributed by atoms with van der Waals surface area (Å²) in [5, 5.41) is 2.94. The summed E-state index contributed by atoms with van der Waals surface area (Å²) in [6, 6.07) is 8.89. The third kappa shape index (κ3) is 6.02. The van der Waals surface area contributed by atoms with E-state index in [0.717, 1.165) is 57.9 Å². The van der Waals surface area contributed by atoms with Crippen molar-refractivity contribution >= 4 is 28.8 Å². The SMILES string of the molecule is CCCCC1(CCCC)CCC(C(=O)OC(=O)[C@@H]2CCCN2)C1SC(=O)c1ccccc1. The molecule has 1 saturated carbocycles. The second-order valence-corrected chi connectivity index (χ2v) is 10.4. The molecule has 176 valence electrons. The van der Waals surface area contributed by atoms with Gasteiger partial charge in [0, 0.05) is 10.8 Å². The molecule has 3 rings (SSSR count). The first-order valence-electron chi connectivity index (χ1n) is 12.3. The normalized spacial score (nSPS) is 24.4. The van der Waals surface area contributed by atoms with Gasteiger partial charge in [0.2, 0.25) is 5.12 Å². The second kappa shape index (κ2) is 12.0. The van der Waals surface area contributed by atoms with Gasteiger partial charge in [-0.05, 0) is 50.5 Å². The highest BCUT2D eigenvalue weighted by Crippen LogP contribution is 2.55. The molecule has 0 amide bonds. The van der Waals surface area contributed by atoms with E-state index < -0.39 is 17.9 Å². The van der Waals surface area contributed by atoms with Crippen molar-refractivity contribution in [2.45, 2.75) is 89.3 Å². The van der Waals surface area contributed by atoms with Crippen molar-refractivity contribution in [1.82, 2.24) is 5.32 Å². The molecule has 32 heavy (non-hydrogen) atoms. The number of thioether (sulfide) groups is 1. The average Bonchev–Trinajstić information content (AvgIpc) is 3.46. The van der Waals surface area contributed by atoms with Crippen LogP contribution in [0.4, 0.5) is 0 Å². The zero-order valence-electron chi connectivity index (χ0n) is 19.4. The van der Waals surface area contributed by atoms with Crippen LogP contribution in [0.2, 0.25) is 0 Å². The molecule has 2 fully saturated rings. The van der Waals surface area contributed by atoms with E-state index in [0.29, 0.717) is 18.4 Å². The summed E-state index contributed by atoms with van der Waals surface area (Å²) >= 11 is 1.30. The van der Waals surface area contributed by atoms with Gasteiger partial charge in [0.15, 0.2) is 0 Å². The predicted octanol–water partition coefficient (Wildman–Crippen LogP) is 5.53. The number of carbonyl (C=O) groups is 3. The number of hydrogen-bond acceptors (Lipinski definition) is 6. The monoisotopic (exact) mass is 459 g/mol. The van der Waals surface area contributed by atoms with Crippen molar-refractivity contribution in [3.63, 3.8) is 0 Å². The Balaban J connectivity index is 1.82. The molecular formula is C26H37NO4S. The van der Waals surface area contributed by atoms with Crippen LogP contribution in [0.1, 0.15) is 88.4 Å². The Hall–Kier alpha value is -1.66. The topological polar surface area (TPSA) is 72.5 Å². The molecule has 2 aliphatic rings. The van der Waals surface area contributed by atoms with Crippen LogP contribution < -0.4 is 5.32 Å². The lowest BCUT2D eigenvalue weighted by Crippen LogP contribution is -2.39. The number of hydrogen-bond donors (Lipinski definition) is 1. The fourth-order valence-electron chi connectivity index (χ4n) is 5.22. The Morgan fingerprint density at radius 2 is 1.72 bits per heavy atom. The van der Waals surface area contributed by atoms with E-state index in [-0.39, 0.29) is 21.8 Å². The minimum atomic E-state index is -0.467. The van der Waals surface area contributed by atoms with E-state index in [2.05, 4.69) is 19.2 Å². The Morgan fingerprint density at radius 1 is 1.03 bits per heavy atom. The molecule has 1 aromatic rings. The molecule has 0 aromatic heterocycles. The van der Waals surface area contributed by atoms with Crippen molar-refractivity contribution in [3.05, 3.63) is 35.9 Å². The summed E-state index contributed by atoms with van der Waals surface area (Å²) in [5.41, 5.74) is 0.585. The predicted molar refractivity (Wildman–Crippen MR) is 128 cm³/mol. The van der Waals surface area contributed by atoms with Crippen LogP contribution in [-0.4, -0.2) is 34.9 Å². The molecule has 1 aliphatic heterocycles. The Kier molecular flexibility index (Phi) is 9.35. The van der Waals surface area contributed by atoms with E-state index >= 15 is 0 Å². The fraction of sp³-hybridized carbons (Fsp3) is 0.654. The molecule has 1 aromatic carbocycles. The number of benzene rings is 1. The average molecular weight is 460 g/mol. The van der Waals surface area contributed by atoms with Gasteiger partial charge in [-0.15, -0.1) is 0 Å². The fourth-order valence-corrected chi connectivity index (χ4v) is 6.74. The van der Waals surface area contributed by atoms with E-state index in [1.54, 1.807) is 0 Å². The Bertz CT molecular complexity index is 767. The lowest BCUT2D eigenvalue weighted by atomic mass is 9.75. The summed E-state index contributed by atoms with van der Waals surface area (Å²) in [5.74, 6) is -1.34. The first-order valence-corrected chi connectivity index (χ1v) is 13.1. The minimum Gasteiger partial charge on any atom is -0.392 e. The maximum Gasteiger partial charge on any atom is 0.330 e. The second-order valence-electron chi connectivity index (χ2n) is 9.30. The van der Waals surface area contributed by atoms with Crippen LogP contribution in [0, 0.1) is 11.3 Å². The van der Waals surface area contributed by atoms with Crippen molar-refractivity contribution in [1.29, 1.82) is 0 Å². The van der Waals surface area contributed by atoms with Crippen molar-refractivity contribution in [2.75, 3.05) is 6.54 Å². The van der Waals surface area contributed by atoms with Crippen molar-refractivity contribution in [2.24, 2.45) is 11.3 Å². The Labute approximate surface area is 196 Å². The van der Waals surface area contributed by atoms with Gasteiger partial charge in [-0.3, -0.25) is 9.59 Å². The highest BCUT2D eigenvalue weighted by molar-refractivity contribution is 8.14. The van der Waals surface area contributed by atoms with Crippen LogP contribution in [0.15, 0.2) is 30.3 Å². The highest BCUT2D eigenvalue weighted by atomic mass is 32.2. The van der Waals surface area contributed by atoms with Gasteiger partial charge in [-0.2, -0.15) is 0 Å². The zero-order valence-corrected chi connectivity index (χ0v) is 20.3. The largest absolute Gasteiger partial charge is 0.392 e. The van der Waals surface area contributed by atoms with Gasteiger partial charge < -0.3 is 10.1 Å². The summed E-state index contributed by atoms with van der Waals surface area (Å²) in [6.45, 7) is 5.14. The molecule has 0 bridgehead atoms. The zero-order chi connectivity index (χ0) is 23.0. The van der Waals surface area contributed by atoms with Gasteiger partial charge >= 0.3 is 11.9 Å². The van der Waals surface area contributed by atoms with Crippen LogP contribution in [-0.2, 0) is 14.3 Å². The van der Waals surface area contributed by atoms with Crippen molar-refractivity contribution in [3.8, 4) is 0 Å². The summed E-state index contributed by atoms with van der Waals surface area (Å²) < 4.78 is 5.37. The molecule has 1 aliphatic carbocycles. The standard InChI is InChI=1S/C26H37NO4S/c1-3-5-15-26(16-6-4-2)17-14-20(23(28)31-24(29)21-13-10-18-27-21)22(26)32-25(30)19-11-8-7-9-12-19/h7-9,11-12,20-22,27H,3-6,10,13-18H2,1-2H3/t20?,21-,22?/m0/s1. The lowest BCUT2D eigenvalue weighted by Gasteiger charge is -2.37. The molecule has 1 heterocycles. The molecular weight excluding hydrogens is 422 g/mol. The van der Waals surface area contributed by atoms with Gasteiger partial charge in [0.25, 0.3) is 0 Å². The number of nitrogens with one attached hydrogen (secondary N) is 1. The Morgan fingerprint density at radius 3 is 2.31 bits per heavy atom. The van der Waals surface area contributed by atoms with Crippen LogP contribution in [0.25, 0.3) is 0 Å². The summed E-state index contributed by atoms with van der Waals surface area (Å²) in [7, 11) is 0. The maximum absolute atomic E-state index is 13.2. The molecule has 5 nitrogen and oxygen atoms in total. The first-order chi connectivity index (χ1) is 15.5. The number of ether oxygens (including phenoxy) is 1. The molecule has 3 atom stereocenters. The number of rotatable bonds is 10. The lowest BCUT2D eigenvalue weighted by molar-refractivity contribution is -0.163. The molecule has 6 heteroatoms. The van der Waals surface area contributed by atoms with E-state index in [4.69, 9.17) is 4.74 Å². The number of carbonyl (C=O) groups excluding carboxylic acids is 3. The van der Waals surface area contributed by atoms with Crippen LogP contribution in [0.3, 0.4) is 0 Å². The molecule has 0 radical (unpaired) electrons. The molecule has 0 spiro atoms. The van der Waals surface area contributed by atoms with Gasteiger partial charge in [-0.1, -0.05) is 81.6 Å². The molecule has 1 saturated heterocycles. The highest BCUT2D eigenvalue weighted by Gasteiger charge is 2.52. The van der Waals surface area contributed by atoms with Crippen LogP contribution >= 0.6 is 11.8 Å². The third-order valence-electron chi connectivity index (χ3n) is 7.07. The van der Waals surface area contributed by atoms with E-state index in [1.807, 2.05) is 30.3 Å². The number of unbranched alkanes of at least 4 members (excludes halogenated alkanes) is 2. The van der Waals surface area contributed by atoms with Crippen molar-refractivity contribution < 1.29 is 19.1 Å². The van der Waals surface area contributed by atoms with E-state index in [1.165, 1.54) is 11.8 Å². The molecule has 2 unspecified atom stereocenters. The third-order valence-corrected chi connectivity index (χ3v) is 8.60. The first kappa shape index (κ1) is 25.0. The van der Waals surface area contributed by atoms with Gasteiger partial charge in [-0.25, -0.2) is 4.79 Å². The number of esters is 2. The summed E-state index contributed by atoms with van der Waals surface area (Å²) in [6.07, 6.45) is 9.53. The maximum atomic E-state index is 13.2. The van der Waals surface area contributed by atoms with Gasteiger partial charge in [0.05, 0.1) is 5.92 Å². The van der Waals surface area contributed by atoms with Crippen LogP contribution in [0.5, 0.6) is 0 Å². The minimum absolute atomic E-state index is 0.00328. The van der Waals surface area contributed by atoms with Gasteiger partial charge in [0.1, 0.15) is 6.04 Å².